The Morgan fingerprint density at radius 1 is 0.450 bits per heavy atom. The zero-order valence-corrected chi connectivity index (χ0v) is 39.0. The van der Waals surface area contributed by atoms with Crippen molar-refractivity contribution < 1.29 is 72.3 Å². The second kappa shape index (κ2) is 24.6. The Morgan fingerprint density at radius 2 is 0.700 bits per heavy atom. The third kappa shape index (κ3) is 16.5. The minimum Gasteiger partial charge on any atom is -0.431 e. The molecular formula is C42H50O15Si3. The first-order valence-electron chi connectivity index (χ1n) is 19.0. The highest BCUT2D eigenvalue weighted by Crippen LogP contribution is 2.25. The summed E-state index contributed by atoms with van der Waals surface area (Å²) in [5.41, 5.74) is -1.15. The molecule has 0 saturated heterocycles. The van der Waals surface area contributed by atoms with Crippen LogP contribution in [0.25, 0.3) is 0 Å². The molecule has 0 aliphatic heterocycles. The van der Waals surface area contributed by atoms with Crippen molar-refractivity contribution in [1.82, 2.24) is 0 Å². The van der Waals surface area contributed by atoms with E-state index in [0.29, 0.717) is 0 Å². The Bertz CT molecular complexity index is 1810. The van der Waals surface area contributed by atoms with Crippen LogP contribution in [0.3, 0.4) is 0 Å². The first kappa shape index (κ1) is 48.1. The first-order chi connectivity index (χ1) is 28.7. The standard InChI is InChI=1S/C42H50O15Si3/c1-8-27(5)58-33-18-12-30(13-19-33)36(43)52-55-39(46)49-24-42(11-4,25-50-40(47)56-53-37(44)31-14-20-34(21-15-31)59-28(6)9-2)26-51-41(48)57-54-38(45)32-16-22-35(23-17-32)60-29(7)10-3/h8-10,12-23H,11,24-26,58-60H2,1-7H3/b27-8+,28-9+,29-10+. The van der Waals surface area contributed by atoms with Crippen molar-refractivity contribution >= 4 is 80.5 Å². The van der Waals surface area contributed by atoms with Gasteiger partial charge in [-0.1, -0.05) is 92.7 Å². The molecule has 0 saturated carbocycles. The molecule has 320 valence electrons. The summed E-state index contributed by atoms with van der Waals surface area (Å²) in [6.45, 7) is 11.6. The van der Waals surface area contributed by atoms with E-state index in [2.05, 4.69) is 29.3 Å². The lowest BCUT2D eigenvalue weighted by atomic mass is 9.88. The Balaban J connectivity index is 1.61. The van der Waals surface area contributed by atoms with Crippen LogP contribution in [0.2, 0.25) is 0 Å². The summed E-state index contributed by atoms with van der Waals surface area (Å²) in [6, 6.07) is 20.0. The van der Waals surface area contributed by atoms with Crippen molar-refractivity contribution in [2.45, 2.75) is 54.9 Å². The fraction of sp³-hybridized carbons (Fsp3) is 0.286. The van der Waals surface area contributed by atoms with E-state index in [1.807, 2.05) is 59.8 Å². The van der Waals surface area contributed by atoms with Crippen LogP contribution in [0.15, 0.2) is 107 Å². The summed E-state index contributed by atoms with van der Waals surface area (Å²) in [5.74, 6) is -2.89. The van der Waals surface area contributed by atoms with Crippen LogP contribution in [-0.4, -0.2) is 84.8 Å². The van der Waals surface area contributed by atoms with Gasteiger partial charge >= 0.3 is 36.4 Å². The van der Waals surface area contributed by atoms with Gasteiger partial charge in [0.15, 0.2) is 0 Å². The second-order valence-corrected chi connectivity index (χ2v) is 20.7. The van der Waals surface area contributed by atoms with Crippen molar-refractivity contribution in [2.24, 2.45) is 5.41 Å². The van der Waals surface area contributed by atoms with E-state index in [9.17, 15) is 28.8 Å². The molecule has 3 rings (SSSR count). The Hall–Kier alpha value is -6.25. The lowest BCUT2D eigenvalue weighted by molar-refractivity contribution is -0.217. The van der Waals surface area contributed by atoms with Gasteiger partial charge < -0.3 is 14.2 Å². The van der Waals surface area contributed by atoms with Gasteiger partial charge in [-0.05, 0) is 84.4 Å². The highest BCUT2D eigenvalue weighted by molar-refractivity contribution is 6.61. The molecular weight excluding hydrogens is 829 g/mol. The second-order valence-electron chi connectivity index (χ2n) is 13.9. The first-order valence-corrected chi connectivity index (χ1v) is 23.2. The van der Waals surface area contributed by atoms with E-state index in [1.165, 1.54) is 15.6 Å². The van der Waals surface area contributed by atoms with Crippen LogP contribution in [0.1, 0.15) is 86.0 Å². The summed E-state index contributed by atoms with van der Waals surface area (Å²) < 4.78 is 15.4. The van der Waals surface area contributed by atoms with Crippen LogP contribution >= 0.6 is 0 Å². The van der Waals surface area contributed by atoms with E-state index in [0.717, 1.165) is 15.6 Å². The van der Waals surface area contributed by atoms with E-state index < -0.39 is 90.2 Å². The molecule has 0 aliphatic carbocycles. The number of rotatable bonds is 16. The van der Waals surface area contributed by atoms with Gasteiger partial charge in [-0.3, -0.25) is 0 Å². The molecule has 0 unspecified atom stereocenters. The summed E-state index contributed by atoms with van der Waals surface area (Å²) in [5, 5.41) is 7.11. The highest BCUT2D eigenvalue weighted by atomic mass is 28.2. The van der Waals surface area contributed by atoms with E-state index in [-0.39, 0.29) is 23.1 Å². The third-order valence-electron chi connectivity index (χ3n) is 9.29. The predicted octanol–water partition coefficient (Wildman–Crippen LogP) is 4.31. The van der Waals surface area contributed by atoms with Crippen molar-refractivity contribution in [3.05, 3.63) is 123 Å². The van der Waals surface area contributed by atoms with Crippen molar-refractivity contribution in [2.75, 3.05) is 19.8 Å². The van der Waals surface area contributed by atoms with Crippen LogP contribution in [0.4, 0.5) is 14.4 Å². The number of benzene rings is 3. The van der Waals surface area contributed by atoms with Gasteiger partial charge in [-0.15, -0.1) is 0 Å². The molecule has 15 nitrogen and oxygen atoms in total. The van der Waals surface area contributed by atoms with Gasteiger partial charge in [-0.25, -0.2) is 43.7 Å². The minimum absolute atomic E-state index is 0.00721. The minimum atomic E-state index is -1.52. The van der Waals surface area contributed by atoms with Gasteiger partial charge in [0.05, 0.1) is 50.7 Å². The molecule has 3 aromatic carbocycles. The average Bonchev–Trinajstić information content (AvgIpc) is 3.26. The SMILES string of the molecule is C/C=C(\C)[SiH2]c1ccc(C(=O)OOC(=O)OCC(CC)(COC(=O)OOC(=O)c2ccc([SiH2]/C(C)=C/C)cc2)COC(=O)OOC(=O)c2ccc([SiH2]/C(C)=C/C)cc2)cc1. The Kier molecular flexibility index (Phi) is 19.7. The lowest BCUT2D eigenvalue weighted by Gasteiger charge is -2.29. The quantitative estimate of drug-likeness (QED) is 0.0651. The smallest absolute Gasteiger partial charge is 0.431 e. The molecule has 0 radical (unpaired) electrons. The number of allylic oxidation sites excluding steroid dienone is 6. The van der Waals surface area contributed by atoms with E-state index in [4.69, 9.17) is 14.2 Å². The van der Waals surface area contributed by atoms with Gasteiger partial charge in [0.2, 0.25) is 0 Å². The summed E-state index contributed by atoms with van der Waals surface area (Å²) in [6.07, 6.45) is 1.76. The van der Waals surface area contributed by atoms with Gasteiger partial charge in [0.1, 0.15) is 19.8 Å². The molecule has 0 bridgehead atoms. The molecule has 0 aromatic heterocycles. The van der Waals surface area contributed by atoms with Gasteiger partial charge in [0, 0.05) is 0 Å². The maximum atomic E-state index is 12.5. The summed E-state index contributed by atoms with van der Waals surface area (Å²) >= 11 is 0. The van der Waals surface area contributed by atoms with E-state index >= 15 is 0 Å². The highest BCUT2D eigenvalue weighted by Gasteiger charge is 2.36. The molecule has 0 atom stereocenters. The van der Waals surface area contributed by atoms with Crippen LogP contribution in [-0.2, 0) is 43.5 Å². The summed E-state index contributed by atoms with van der Waals surface area (Å²) in [4.78, 5) is 103. The zero-order chi connectivity index (χ0) is 44.1. The van der Waals surface area contributed by atoms with E-state index in [1.54, 1.807) is 79.7 Å². The van der Waals surface area contributed by atoms with Crippen LogP contribution in [0, 0.1) is 5.41 Å². The number of ether oxygens (including phenoxy) is 3. The maximum Gasteiger partial charge on any atom is 0.549 e. The molecule has 0 aliphatic rings. The molecule has 3 aromatic rings. The van der Waals surface area contributed by atoms with Crippen molar-refractivity contribution in [1.29, 1.82) is 0 Å². The molecule has 18 heteroatoms. The lowest BCUT2D eigenvalue weighted by Crippen LogP contribution is -2.39. The van der Waals surface area contributed by atoms with Crippen molar-refractivity contribution in [3.8, 4) is 0 Å². The number of carbonyl (C=O) groups is 6. The molecule has 0 fully saturated rings. The maximum absolute atomic E-state index is 12.5. The normalized spacial score (nSPS) is 13.2. The topological polar surface area (TPSA) is 185 Å². The fourth-order valence-electron chi connectivity index (χ4n) is 5.05. The summed E-state index contributed by atoms with van der Waals surface area (Å²) in [7, 11) is -1.98. The van der Waals surface area contributed by atoms with Crippen molar-refractivity contribution in [3.63, 3.8) is 0 Å². The molecule has 0 N–H and O–H groups in total. The number of hydrogen-bond donors (Lipinski definition) is 0. The predicted molar refractivity (Wildman–Crippen MR) is 228 cm³/mol. The van der Waals surface area contributed by atoms with Gasteiger partial charge in [-0.2, -0.15) is 14.4 Å². The van der Waals surface area contributed by atoms with Crippen LogP contribution < -0.4 is 15.6 Å². The number of hydrogen-bond acceptors (Lipinski definition) is 15. The largest absolute Gasteiger partial charge is 0.549 e. The fourth-order valence-corrected chi connectivity index (χ4v) is 9.01. The molecule has 0 heterocycles. The monoisotopic (exact) mass is 878 g/mol. The Morgan fingerprint density at radius 3 is 0.917 bits per heavy atom. The molecule has 0 amide bonds. The molecule has 60 heavy (non-hydrogen) atoms. The molecule has 0 spiro atoms. The Labute approximate surface area is 355 Å². The average molecular weight is 879 g/mol. The third-order valence-corrected chi connectivity index (χ3v) is 14.8. The number of carbonyl (C=O) groups excluding carboxylic acids is 6. The van der Waals surface area contributed by atoms with Gasteiger partial charge in [0.25, 0.3) is 0 Å². The zero-order valence-electron chi connectivity index (χ0n) is 34.7. The van der Waals surface area contributed by atoms with Crippen LogP contribution in [0.5, 0.6) is 0 Å².